The Morgan fingerprint density at radius 2 is 2.00 bits per heavy atom. The van der Waals surface area contributed by atoms with Gasteiger partial charge in [0.1, 0.15) is 5.76 Å². The summed E-state index contributed by atoms with van der Waals surface area (Å²) in [7, 11) is 0. The van der Waals surface area contributed by atoms with E-state index in [1.54, 1.807) is 12.2 Å². The van der Waals surface area contributed by atoms with Crippen LogP contribution in [-0.4, -0.2) is 46.9 Å². The number of nitrogens with zero attached hydrogens (tertiary/aromatic N) is 3. The first-order valence-electron chi connectivity index (χ1n) is 9.72. The Morgan fingerprint density at radius 1 is 1.21 bits per heavy atom. The van der Waals surface area contributed by atoms with Crippen molar-refractivity contribution in [3.8, 4) is 0 Å². The van der Waals surface area contributed by atoms with Crippen LogP contribution in [0, 0.1) is 0 Å². The first kappa shape index (κ1) is 20.6. The van der Waals surface area contributed by atoms with Gasteiger partial charge in [0.2, 0.25) is 11.8 Å². The summed E-state index contributed by atoms with van der Waals surface area (Å²) >= 11 is 6.15. The monoisotopic (exact) mass is 401 g/mol. The molecule has 2 aromatic rings. The highest BCUT2D eigenvalue weighted by Gasteiger charge is 2.22. The summed E-state index contributed by atoms with van der Waals surface area (Å²) in [4.78, 5) is 21.2. The number of oxazole rings is 1. The lowest BCUT2D eigenvalue weighted by Gasteiger charge is -2.20. The van der Waals surface area contributed by atoms with Crippen molar-refractivity contribution in [2.45, 2.75) is 39.2 Å². The first-order chi connectivity index (χ1) is 13.3. The Balaban J connectivity index is 1.55. The smallest absolute Gasteiger partial charge is 0.246 e. The maximum Gasteiger partial charge on any atom is 0.246 e. The molecule has 28 heavy (non-hydrogen) atoms. The number of carbonyl (C=O) groups excluding carboxylic acids is 1. The van der Waals surface area contributed by atoms with E-state index < -0.39 is 0 Å². The summed E-state index contributed by atoms with van der Waals surface area (Å²) in [6.45, 7) is 10.2. The Hall–Kier alpha value is -2.11. The molecular weight excluding hydrogens is 374 g/mol. The summed E-state index contributed by atoms with van der Waals surface area (Å²) in [5.41, 5.74) is 0.814. The van der Waals surface area contributed by atoms with E-state index in [9.17, 15) is 4.79 Å². The molecule has 0 spiro atoms. The Morgan fingerprint density at radius 3 is 2.71 bits per heavy atom. The third-order valence-electron chi connectivity index (χ3n) is 4.86. The average molecular weight is 402 g/mol. The van der Waals surface area contributed by atoms with E-state index in [2.05, 4.69) is 30.7 Å². The van der Waals surface area contributed by atoms with Gasteiger partial charge in [-0.3, -0.25) is 9.69 Å². The maximum absolute atomic E-state index is 12.6. The standard InChI is InChI=1S/C22H28ClN3O2/c1-22(2,3)19-15-24-20(28-19)16-25-11-6-12-26(14-13-25)21(27)10-9-17-7-4-5-8-18(17)23/h4-5,7-10,15H,6,11-14,16H2,1-3H3/b10-9+. The van der Waals surface area contributed by atoms with Gasteiger partial charge in [0, 0.05) is 42.7 Å². The fourth-order valence-corrected chi connectivity index (χ4v) is 3.35. The highest BCUT2D eigenvalue weighted by molar-refractivity contribution is 6.32. The quantitative estimate of drug-likeness (QED) is 0.713. The number of hydrogen-bond donors (Lipinski definition) is 0. The average Bonchev–Trinajstić information content (AvgIpc) is 3.00. The lowest BCUT2D eigenvalue weighted by Crippen LogP contribution is -2.34. The van der Waals surface area contributed by atoms with Gasteiger partial charge in [0.15, 0.2) is 0 Å². The molecule has 3 rings (SSSR count). The van der Waals surface area contributed by atoms with Crippen LogP contribution in [0.15, 0.2) is 41.0 Å². The van der Waals surface area contributed by atoms with Crippen LogP contribution in [0.2, 0.25) is 5.02 Å². The van der Waals surface area contributed by atoms with E-state index in [4.69, 9.17) is 16.0 Å². The molecule has 6 heteroatoms. The zero-order valence-electron chi connectivity index (χ0n) is 16.8. The molecule has 1 aliphatic rings. The Labute approximate surface area is 172 Å². The maximum atomic E-state index is 12.6. The molecule has 1 amide bonds. The molecule has 1 aliphatic heterocycles. The van der Waals surface area contributed by atoms with Gasteiger partial charge in [0.25, 0.3) is 0 Å². The van der Waals surface area contributed by atoms with Crippen molar-refractivity contribution in [2.24, 2.45) is 0 Å². The van der Waals surface area contributed by atoms with Gasteiger partial charge in [-0.2, -0.15) is 0 Å². The lowest BCUT2D eigenvalue weighted by molar-refractivity contribution is -0.125. The molecule has 0 radical (unpaired) electrons. The number of amides is 1. The van der Waals surface area contributed by atoms with Crippen LogP contribution in [0.1, 0.15) is 44.4 Å². The van der Waals surface area contributed by atoms with Crippen molar-refractivity contribution in [1.82, 2.24) is 14.8 Å². The predicted octanol–water partition coefficient (Wildman–Crippen LogP) is 4.37. The summed E-state index contributed by atoms with van der Waals surface area (Å²) < 4.78 is 5.91. The summed E-state index contributed by atoms with van der Waals surface area (Å²) in [6.07, 6.45) is 6.15. The topological polar surface area (TPSA) is 49.6 Å². The Bertz CT molecular complexity index is 838. The second-order valence-corrected chi connectivity index (χ2v) is 8.59. The molecule has 1 aromatic heterocycles. The molecule has 2 heterocycles. The number of rotatable bonds is 4. The van der Waals surface area contributed by atoms with Crippen LogP contribution < -0.4 is 0 Å². The fraction of sp³-hybridized carbons (Fsp3) is 0.455. The Kier molecular flexibility index (Phi) is 6.57. The fourth-order valence-electron chi connectivity index (χ4n) is 3.15. The van der Waals surface area contributed by atoms with Crippen LogP contribution in [0.4, 0.5) is 0 Å². The van der Waals surface area contributed by atoms with E-state index in [1.165, 1.54) is 0 Å². The molecule has 0 bridgehead atoms. The highest BCUT2D eigenvalue weighted by atomic mass is 35.5. The van der Waals surface area contributed by atoms with Gasteiger partial charge >= 0.3 is 0 Å². The number of hydrogen-bond acceptors (Lipinski definition) is 4. The molecule has 5 nitrogen and oxygen atoms in total. The zero-order chi connectivity index (χ0) is 20.1. The third kappa shape index (κ3) is 5.46. The number of carbonyl (C=O) groups is 1. The largest absolute Gasteiger partial charge is 0.444 e. The van der Waals surface area contributed by atoms with E-state index in [-0.39, 0.29) is 11.3 Å². The van der Waals surface area contributed by atoms with E-state index in [0.29, 0.717) is 18.1 Å². The second-order valence-electron chi connectivity index (χ2n) is 8.18. The zero-order valence-corrected chi connectivity index (χ0v) is 17.6. The third-order valence-corrected chi connectivity index (χ3v) is 5.21. The molecule has 1 saturated heterocycles. The highest BCUT2D eigenvalue weighted by Crippen LogP contribution is 2.23. The minimum atomic E-state index is -0.0404. The SMILES string of the molecule is CC(C)(C)c1cnc(CN2CCCN(C(=O)/C=C/c3ccccc3Cl)CC2)o1. The van der Waals surface area contributed by atoms with Crippen molar-refractivity contribution in [3.05, 3.63) is 58.8 Å². The minimum absolute atomic E-state index is 0.0212. The van der Waals surface area contributed by atoms with Gasteiger partial charge in [-0.05, 0) is 24.1 Å². The van der Waals surface area contributed by atoms with Crippen LogP contribution >= 0.6 is 11.6 Å². The van der Waals surface area contributed by atoms with Crippen molar-refractivity contribution in [1.29, 1.82) is 0 Å². The molecular formula is C22H28ClN3O2. The number of aromatic nitrogens is 1. The van der Waals surface area contributed by atoms with Gasteiger partial charge in [0.05, 0.1) is 12.7 Å². The summed E-state index contributed by atoms with van der Waals surface area (Å²) in [5, 5.41) is 0.647. The van der Waals surface area contributed by atoms with Crippen LogP contribution in [-0.2, 0) is 16.8 Å². The summed E-state index contributed by atoms with van der Waals surface area (Å²) in [5.74, 6) is 1.66. The summed E-state index contributed by atoms with van der Waals surface area (Å²) in [6, 6.07) is 7.51. The van der Waals surface area contributed by atoms with Crippen LogP contribution in [0.25, 0.3) is 6.08 Å². The molecule has 0 atom stereocenters. The molecule has 0 N–H and O–H groups in total. The molecule has 0 saturated carbocycles. The van der Waals surface area contributed by atoms with E-state index in [0.717, 1.165) is 43.3 Å². The van der Waals surface area contributed by atoms with Crippen LogP contribution in [0.5, 0.6) is 0 Å². The van der Waals surface area contributed by atoms with Gasteiger partial charge in [-0.25, -0.2) is 4.98 Å². The molecule has 1 aromatic carbocycles. The van der Waals surface area contributed by atoms with Crippen molar-refractivity contribution < 1.29 is 9.21 Å². The number of benzene rings is 1. The van der Waals surface area contributed by atoms with Crippen molar-refractivity contribution >= 4 is 23.6 Å². The normalized spacial score (nSPS) is 16.5. The predicted molar refractivity (Wildman–Crippen MR) is 112 cm³/mol. The van der Waals surface area contributed by atoms with Crippen molar-refractivity contribution in [3.63, 3.8) is 0 Å². The number of halogens is 1. The van der Waals surface area contributed by atoms with Gasteiger partial charge in [-0.15, -0.1) is 0 Å². The van der Waals surface area contributed by atoms with Gasteiger partial charge < -0.3 is 9.32 Å². The second kappa shape index (κ2) is 8.93. The molecule has 0 unspecified atom stereocenters. The van der Waals surface area contributed by atoms with Crippen LogP contribution in [0.3, 0.4) is 0 Å². The minimum Gasteiger partial charge on any atom is -0.444 e. The van der Waals surface area contributed by atoms with E-state index in [1.807, 2.05) is 35.4 Å². The van der Waals surface area contributed by atoms with E-state index >= 15 is 0 Å². The molecule has 150 valence electrons. The van der Waals surface area contributed by atoms with Gasteiger partial charge in [-0.1, -0.05) is 50.6 Å². The van der Waals surface area contributed by atoms with Crippen molar-refractivity contribution in [2.75, 3.05) is 26.2 Å². The first-order valence-corrected chi connectivity index (χ1v) is 10.1. The molecule has 0 aliphatic carbocycles. The lowest BCUT2D eigenvalue weighted by atomic mass is 9.94. The molecule has 1 fully saturated rings.